The Morgan fingerprint density at radius 3 is 1.00 bits per heavy atom. The van der Waals surface area contributed by atoms with E-state index in [9.17, 15) is 0 Å². The summed E-state index contributed by atoms with van der Waals surface area (Å²) < 4.78 is 0. The first-order valence-corrected chi connectivity index (χ1v) is 0. The van der Waals surface area contributed by atoms with Crippen LogP contribution in [0.5, 0.6) is 0 Å². The topological polar surface area (TPSA) is 0 Å². The molecule has 0 aromatic carbocycles. The molecule has 0 rings (SSSR count). The van der Waals surface area contributed by atoms with Crippen molar-refractivity contribution in [1.82, 2.24) is 0 Å². The molecule has 0 N–H and O–H groups in total. The van der Waals surface area contributed by atoms with Crippen molar-refractivity contribution in [1.29, 1.82) is 0 Å². The molecule has 31 valence electrons. The van der Waals surface area contributed by atoms with Crippen molar-refractivity contribution in [2.24, 2.45) is 0 Å². The van der Waals surface area contributed by atoms with Gasteiger partial charge in [-0.05, 0) is 0 Å². The van der Waals surface area contributed by atoms with Gasteiger partial charge in [0, 0.05) is 38.1 Å². The predicted octanol–water partition coefficient (Wildman–Crippen LogP) is -0.808. The van der Waals surface area contributed by atoms with Crippen LogP contribution in [-0.4, -0.2) is 23.9 Å². The standard InChI is InChI=1S/Cu.Mo.H2S.Sn.2H/h;;1H2;;;. The first-order chi connectivity index (χ1) is 0. The van der Waals surface area contributed by atoms with E-state index in [4.69, 9.17) is 0 Å². The average molecular weight is 314 g/mol. The minimum atomic E-state index is 0. The zero-order valence-corrected chi connectivity index (χ0v) is 9.90. The van der Waals surface area contributed by atoms with Crippen molar-refractivity contribution in [3.8, 4) is 0 Å². The Bertz CT molecular complexity index is 8.00. The molecule has 0 aromatic rings. The van der Waals surface area contributed by atoms with Crippen molar-refractivity contribution in [3.05, 3.63) is 0 Å². The van der Waals surface area contributed by atoms with Crippen molar-refractivity contribution < 1.29 is 38.1 Å². The van der Waals surface area contributed by atoms with Gasteiger partial charge in [0.25, 0.3) is 0 Å². The Morgan fingerprint density at radius 1 is 1.00 bits per heavy atom. The van der Waals surface area contributed by atoms with E-state index in [0.717, 1.165) is 0 Å². The third-order valence-electron chi connectivity index (χ3n) is 0. The molecule has 0 unspecified atom stereocenters. The maximum atomic E-state index is 0. The van der Waals surface area contributed by atoms with E-state index in [2.05, 4.69) is 0 Å². The summed E-state index contributed by atoms with van der Waals surface area (Å²) in [6, 6.07) is 0. The fourth-order valence-electron chi connectivity index (χ4n) is 0. The summed E-state index contributed by atoms with van der Waals surface area (Å²) >= 11 is 0. The molecule has 4 heteroatoms. The summed E-state index contributed by atoms with van der Waals surface area (Å²) in [5, 5.41) is 0. The first kappa shape index (κ1) is 32.8. The van der Waals surface area contributed by atoms with Crippen molar-refractivity contribution in [3.63, 3.8) is 0 Å². The number of hydrogen-bond donors (Lipinski definition) is 0. The number of rotatable bonds is 0. The van der Waals surface area contributed by atoms with E-state index in [0.29, 0.717) is 0 Å². The van der Waals surface area contributed by atoms with Gasteiger partial charge >= 0.3 is 23.9 Å². The van der Waals surface area contributed by atoms with Gasteiger partial charge in [0.1, 0.15) is 0 Å². The Balaban J connectivity index is 0. The number of hydrogen-bond acceptors (Lipinski definition) is 0. The fraction of sp³-hybridized carbons (Fsp3) is 0. The van der Waals surface area contributed by atoms with Crippen molar-refractivity contribution in [2.45, 2.75) is 0 Å². The molecule has 0 aliphatic carbocycles. The van der Waals surface area contributed by atoms with Gasteiger partial charge in [0.05, 0.1) is 0 Å². The van der Waals surface area contributed by atoms with Crippen molar-refractivity contribution >= 4 is 37.4 Å². The van der Waals surface area contributed by atoms with Crippen LogP contribution in [0.15, 0.2) is 0 Å². The van der Waals surface area contributed by atoms with E-state index >= 15 is 0 Å². The summed E-state index contributed by atoms with van der Waals surface area (Å²) in [4.78, 5) is 0. The summed E-state index contributed by atoms with van der Waals surface area (Å²) in [6.07, 6.45) is 0. The Hall–Kier alpha value is 2.36. The average Bonchev–Trinajstić information content (AvgIpc) is 0. The zero-order chi connectivity index (χ0) is 0. The van der Waals surface area contributed by atoms with E-state index in [1.54, 1.807) is 0 Å². The summed E-state index contributed by atoms with van der Waals surface area (Å²) in [5.74, 6) is 0. The zero-order valence-electron chi connectivity index (χ0n) is 1.92. The van der Waals surface area contributed by atoms with Crippen LogP contribution in [0, 0.1) is 0 Å². The summed E-state index contributed by atoms with van der Waals surface area (Å²) in [7, 11) is 0. The third kappa shape index (κ3) is 8.84. The molecular formula is H4CuMoSSn. The van der Waals surface area contributed by atoms with Crippen LogP contribution in [0.3, 0.4) is 0 Å². The normalized spacial score (nSPS) is 0. The molecule has 0 fully saturated rings. The van der Waals surface area contributed by atoms with Crippen LogP contribution < -0.4 is 0 Å². The van der Waals surface area contributed by atoms with Gasteiger partial charge < -0.3 is 0 Å². The monoisotopic (exact) mass is 317 g/mol. The van der Waals surface area contributed by atoms with Crippen LogP contribution in [0.2, 0.25) is 0 Å². The fourth-order valence-corrected chi connectivity index (χ4v) is 0. The first-order valence-electron chi connectivity index (χ1n) is 0. The van der Waals surface area contributed by atoms with Crippen LogP contribution in [0.25, 0.3) is 0 Å². The maximum absolute atomic E-state index is 0. The third-order valence-corrected chi connectivity index (χ3v) is 0. The molecule has 0 nitrogen and oxygen atoms in total. The van der Waals surface area contributed by atoms with Gasteiger partial charge in [0.15, 0.2) is 0 Å². The van der Waals surface area contributed by atoms with Gasteiger partial charge in [-0.1, -0.05) is 0 Å². The molecule has 0 saturated heterocycles. The van der Waals surface area contributed by atoms with E-state index < -0.39 is 0 Å². The summed E-state index contributed by atoms with van der Waals surface area (Å²) in [6.45, 7) is 0. The van der Waals surface area contributed by atoms with Gasteiger partial charge in [-0.3, -0.25) is 0 Å². The van der Waals surface area contributed by atoms with Crippen molar-refractivity contribution in [2.75, 3.05) is 0 Å². The van der Waals surface area contributed by atoms with Crippen LogP contribution in [-0.2, 0) is 38.1 Å². The van der Waals surface area contributed by atoms with Gasteiger partial charge in [-0.25, -0.2) is 0 Å². The van der Waals surface area contributed by atoms with Gasteiger partial charge in [-0.2, -0.15) is 13.5 Å². The molecule has 0 saturated carbocycles. The minimum absolute atomic E-state index is 0. The Kier molecular flexibility index (Phi) is 150. The molecule has 0 bridgehead atoms. The van der Waals surface area contributed by atoms with E-state index in [1.165, 1.54) is 0 Å². The quantitative estimate of drug-likeness (QED) is 0.513. The van der Waals surface area contributed by atoms with E-state index in [1.807, 2.05) is 0 Å². The molecule has 4 heavy (non-hydrogen) atoms. The molecule has 0 amide bonds. The molecule has 0 heterocycles. The second-order valence-corrected chi connectivity index (χ2v) is 0. The predicted molar refractivity (Wildman–Crippen MR) is 18.9 cm³/mol. The Morgan fingerprint density at radius 2 is 1.00 bits per heavy atom. The van der Waals surface area contributed by atoms with Gasteiger partial charge in [-0.15, -0.1) is 0 Å². The van der Waals surface area contributed by atoms with Crippen LogP contribution in [0.4, 0.5) is 0 Å². The molecule has 0 aliphatic heterocycles. The summed E-state index contributed by atoms with van der Waals surface area (Å²) in [5.41, 5.74) is 0. The molecule has 0 atom stereocenters. The van der Waals surface area contributed by atoms with Crippen LogP contribution >= 0.6 is 13.5 Å². The molecule has 0 aromatic heterocycles. The molecule has 3 radical (unpaired) electrons. The second-order valence-electron chi connectivity index (χ2n) is 0. The second kappa shape index (κ2) is 18.3. The van der Waals surface area contributed by atoms with Crippen LogP contribution in [0.1, 0.15) is 0 Å². The molecular weight excluding hydrogens is 310 g/mol. The molecule has 0 aliphatic rings. The molecule has 0 spiro atoms. The van der Waals surface area contributed by atoms with Gasteiger partial charge in [0.2, 0.25) is 0 Å². The SMILES string of the molecule is S.[Cu].[Mo].[SnH2]. The Labute approximate surface area is 74.6 Å². The van der Waals surface area contributed by atoms with E-state index in [-0.39, 0.29) is 75.5 Å².